The largest absolute Gasteiger partial charge is 0.452 e. The number of piperidine rings is 1. The number of hydrogen-bond acceptors (Lipinski definition) is 3. The van der Waals surface area contributed by atoms with E-state index in [1.807, 2.05) is 30.9 Å². The van der Waals surface area contributed by atoms with Crippen LogP contribution in [-0.2, 0) is 14.3 Å². The molecule has 0 spiro atoms. The van der Waals surface area contributed by atoms with Crippen LogP contribution in [0.25, 0.3) is 6.08 Å². The molecule has 2 rings (SSSR count). The number of halogens is 1. The lowest BCUT2D eigenvalue weighted by Crippen LogP contribution is -2.49. The monoisotopic (exact) mass is 335 g/mol. The topological polar surface area (TPSA) is 46.6 Å². The van der Waals surface area contributed by atoms with E-state index < -0.39 is 5.97 Å². The Morgan fingerprint density at radius 2 is 1.91 bits per heavy atom. The molecule has 1 aromatic rings. The van der Waals surface area contributed by atoms with Gasteiger partial charge in [0, 0.05) is 23.2 Å². The van der Waals surface area contributed by atoms with Crippen LogP contribution in [0.2, 0.25) is 5.02 Å². The fourth-order valence-electron chi connectivity index (χ4n) is 2.94. The maximum absolute atomic E-state index is 12.3. The van der Waals surface area contributed by atoms with Crippen LogP contribution in [0.1, 0.15) is 38.7 Å². The lowest BCUT2D eigenvalue weighted by molar-refractivity contribution is -0.151. The van der Waals surface area contributed by atoms with Crippen molar-refractivity contribution in [1.82, 2.24) is 4.90 Å². The minimum absolute atomic E-state index is 0.135. The lowest BCUT2D eigenvalue weighted by atomic mass is 9.97. The summed E-state index contributed by atoms with van der Waals surface area (Å²) in [5, 5.41) is 0.559. The van der Waals surface area contributed by atoms with Crippen molar-refractivity contribution < 1.29 is 14.3 Å². The molecule has 0 aromatic heterocycles. The molecule has 1 saturated heterocycles. The minimum Gasteiger partial charge on any atom is -0.452 e. The van der Waals surface area contributed by atoms with E-state index in [0.717, 1.165) is 24.8 Å². The molecule has 5 heteroatoms. The van der Waals surface area contributed by atoms with Crippen molar-refractivity contribution in [2.24, 2.45) is 0 Å². The zero-order valence-electron chi connectivity index (χ0n) is 13.5. The second-order valence-corrected chi connectivity index (χ2v) is 6.30. The molecule has 0 aliphatic carbocycles. The number of rotatable bonds is 4. The van der Waals surface area contributed by atoms with Crippen LogP contribution >= 0.6 is 11.6 Å². The predicted octanol–water partition coefficient (Wildman–Crippen LogP) is 3.69. The maximum atomic E-state index is 12.3. The molecule has 0 radical (unpaired) electrons. The van der Waals surface area contributed by atoms with Gasteiger partial charge in [0.2, 0.25) is 0 Å². The highest BCUT2D eigenvalue weighted by atomic mass is 35.5. The lowest BCUT2D eigenvalue weighted by Gasteiger charge is -2.38. The summed E-state index contributed by atoms with van der Waals surface area (Å²) in [6, 6.07) is 7.59. The Balaban J connectivity index is 1.86. The van der Waals surface area contributed by atoms with Crippen LogP contribution in [0, 0.1) is 0 Å². The predicted molar refractivity (Wildman–Crippen MR) is 91.1 cm³/mol. The van der Waals surface area contributed by atoms with Gasteiger partial charge >= 0.3 is 5.97 Å². The summed E-state index contributed by atoms with van der Waals surface area (Å²) in [5.74, 6) is -0.681. The quantitative estimate of drug-likeness (QED) is 0.622. The van der Waals surface area contributed by atoms with Crippen molar-refractivity contribution in [3.63, 3.8) is 0 Å². The Labute approximate surface area is 142 Å². The molecule has 1 fully saturated rings. The van der Waals surface area contributed by atoms with Crippen molar-refractivity contribution >= 4 is 29.6 Å². The summed E-state index contributed by atoms with van der Waals surface area (Å²) in [6.07, 6.45) is 6.00. The molecule has 1 heterocycles. The Morgan fingerprint density at radius 1 is 1.26 bits per heavy atom. The number of hydrogen-bond donors (Lipinski definition) is 0. The summed E-state index contributed by atoms with van der Waals surface area (Å²) in [6.45, 7) is 3.85. The molecule has 0 saturated carbocycles. The fourth-order valence-corrected chi connectivity index (χ4v) is 3.14. The summed E-state index contributed by atoms with van der Waals surface area (Å²) in [7, 11) is 0. The number of nitrogens with zero attached hydrogens (tertiary/aromatic N) is 1. The second-order valence-electron chi connectivity index (χ2n) is 5.89. The van der Waals surface area contributed by atoms with Crippen molar-refractivity contribution in [2.75, 3.05) is 6.61 Å². The van der Waals surface area contributed by atoms with Crippen molar-refractivity contribution in [2.45, 2.75) is 45.2 Å². The van der Waals surface area contributed by atoms with E-state index in [0.29, 0.717) is 5.02 Å². The van der Waals surface area contributed by atoms with Crippen LogP contribution in [0.4, 0.5) is 0 Å². The molecule has 1 aliphatic heterocycles. The Hall–Kier alpha value is -1.81. The average molecular weight is 336 g/mol. The maximum Gasteiger partial charge on any atom is 0.331 e. The van der Waals surface area contributed by atoms with Crippen LogP contribution in [0.3, 0.4) is 0 Å². The van der Waals surface area contributed by atoms with Gasteiger partial charge in [0.1, 0.15) is 0 Å². The Bertz CT molecular complexity index is 590. The fraction of sp³-hybridized carbons (Fsp3) is 0.444. The van der Waals surface area contributed by atoms with Crippen molar-refractivity contribution in [3.8, 4) is 0 Å². The molecular weight excluding hydrogens is 314 g/mol. The number of ether oxygens (including phenoxy) is 1. The first-order valence-corrected chi connectivity index (χ1v) is 8.27. The summed E-state index contributed by atoms with van der Waals surface area (Å²) in [4.78, 5) is 25.8. The number of esters is 1. The van der Waals surface area contributed by atoms with Crippen LogP contribution < -0.4 is 0 Å². The van der Waals surface area contributed by atoms with Crippen LogP contribution in [0.5, 0.6) is 0 Å². The molecular formula is C18H22ClNO3. The van der Waals surface area contributed by atoms with Gasteiger partial charge in [-0.1, -0.05) is 29.8 Å². The first kappa shape index (κ1) is 17.5. The van der Waals surface area contributed by atoms with Crippen molar-refractivity contribution in [1.29, 1.82) is 0 Å². The molecule has 0 bridgehead atoms. The standard InChI is InChI=1S/C18H22ClNO3/c1-13-6-5-7-14(2)20(13)17(21)12-23-18(22)11-10-15-8-3-4-9-16(15)19/h3-4,8-11,13-14H,5-7,12H2,1-2H3/b11-10+. The first-order valence-electron chi connectivity index (χ1n) is 7.89. The average Bonchev–Trinajstić information content (AvgIpc) is 2.52. The SMILES string of the molecule is CC1CCCC(C)N1C(=O)COC(=O)/C=C/c1ccccc1Cl. The van der Waals surface area contributed by atoms with Crippen molar-refractivity contribution in [3.05, 3.63) is 40.9 Å². The Morgan fingerprint density at radius 3 is 2.57 bits per heavy atom. The van der Waals surface area contributed by atoms with E-state index in [1.54, 1.807) is 18.2 Å². The molecule has 4 nitrogen and oxygen atoms in total. The molecule has 124 valence electrons. The zero-order chi connectivity index (χ0) is 16.8. The molecule has 1 aromatic carbocycles. The number of carbonyl (C=O) groups excluding carboxylic acids is 2. The second kappa shape index (κ2) is 8.16. The van der Waals surface area contributed by atoms with Crippen LogP contribution in [0.15, 0.2) is 30.3 Å². The Kier molecular flexibility index (Phi) is 6.22. The highest BCUT2D eigenvalue weighted by molar-refractivity contribution is 6.32. The molecule has 2 unspecified atom stereocenters. The third kappa shape index (κ3) is 4.83. The van der Waals surface area contributed by atoms with E-state index >= 15 is 0 Å². The van der Waals surface area contributed by atoms with Gasteiger partial charge in [-0.05, 0) is 50.8 Å². The summed E-state index contributed by atoms with van der Waals surface area (Å²) < 4.78 is 5.06. The van der Waals surface area contributed by atoms with E-state index in [1.165, 1.54) is 6.08 Å². The van der Waals surface area contributed by atoms with Gasteiger partial charge in [0.15, 0.2) is 6.61 Å². The van der Waals surface area contributed by atoms with Gasteiger partial charge in [-0.15, -0.1) is 0 Å². The molecule has 2 atom stereocenters. The van der Waals surface area contributed by atoms with Crippen LogP contribution in [-0.4, -0.2) is 35.5 Å². The number of carbonyl (C=O) groups is 2. The van der Waals surface area contributed by atoms with E-state index in [2.05, 4.69) is 0 Å². The summed E-state index contributed by atoms with van der Waals surface area (Å²) >= 11 is 6.00. The van der Waals surface area contributed by atoms with Gasteiger partial charge in [-0.3, -0.25) is 4.79 Å². The third-order valence-corrected chi connectivity index (χ3v) is 4.47. The highest BCUT2D eigenvalue weighted by Crippen LogP contribution is 2.22. The van der Waals surface area contributed by atoms with E-state index in [9.17, 15) is 9.59 Å². The van der Waals surface area contributed by atoms with E-state index in [-0.39, 0.29) is 24.6 Å². The van der Waals surface area contributed by atoms with Gasteiger partial charge in [-0.2, -0.15) is 0 Å². The molecule has 1 aliphatic rings. The normalized spacial score (nSPS) is 21.4. The van der Waals surface area contributed by atoms with Gasteiger partial charge in [0.05, 0.1) is 0 Å². The first-order chi connectivity index (χ1) is 11.0. The minimum atomic E-state index is -0.546. The zero-order valence-corrected chi connectivity index (χ0v) is 14.3. The van der Waals surface area contributed by atoms with Gasteiger partial charge in [0.25, 0.3) is 5.91 Å². The smallest absolute Gasteiger partial charge is 0.331 e. The number of benzene rings is 1. The van der Waals surface area contributed by atoms with E-state index in [4.69, 9.17) is 16.3 Å². The van der Waals surface area contributed by atoms with Gasteiger partial charge < -0.3 is 9.64 Å². The highest BCUT2D eigenvalue weighted by Gasteiger charge is 2.29. The number of likely N-dealkylation sites (tertiary alicyclic amines) is 1. The molecule has 1 amide bonds. The van der Waals surface area contributed by atoms with Gasteiger partial charge in [-0.25, -0.2) is 4.79 Å². The third-order valence-electron chi connectivity index (χ3n) is 4.12. The molecule has 23 heavy (non-hydrogen) atoms. The molecule has 0 N–H and O–H groups in total. The summed E-state index contributed by atoms with van der Waals surface area (Å²) in [5.41, 5.74) is 0.732. The number of amides is 1.